The van der Waals surface area contributed by atoms with E-state index in [4.69, 9.17) is 4.74 Å². The third-order valence-electron chi connectivity index (χ3n) is 3.14. The van der Waals surface area contributed by atoms with E-state index in [0.29, 0.717) is 6.54 Å². The van der Waals surface area contributed by atoms with Crippen LogP contribution in [0.5, 0.6) is 0 Å². The third kappa shape index (κ3) is 5.98. The SMILES string of the molecule is CNC(CNCC(=O)[C@@H]1CCCN1)C(=O)OC(C)(C)C. The summed E-state index contributed by atoms with van der Waals surface area (Å²) in [6.45, 7) is 7.07. The molecule has 1 unspecified atom stereocenters. The molecule has 6 heteroatoms. The molecule has 1 saturated heterocycles. The van der Waals surface area contributed by atoms with E-state index in [1.165, 1.54) is 0 Å². The number of ether oxygens (including phenoxy) is 1. The van der Waals surface area contributed by atoms with Crippen LogP contribution in [0.1, 0.15) is 33.6 Å². The second-order valence-corrected chi connectivity index (χ2v) is 6.12. The number of esters is 1. The fourth-order valence-corrected chi connectivity index (χ4v) is 2.10. The summed E-state index contributed by atoms with van der Waals surface area (Å²) in [5.41, 5.74) is -0.504. The molecule has 0 aliphatic carbocycles. The van der Waals surface area contributed by atoms with Crippen LogP contribution in [0, 0.1) is 0 Å². The van der Waals surface area contributed by atoms with Gasteiger partial charge in [-0.15, -0.1) is 0 Å². The van der Waals surface area contributed by atoms with Crippen LogP contribution >= 0.6 is 0 Å². The van der Waals surface area contributed by atoms with Gasteiger partial charge in [0.1, 0.15) is 11.6 Å². The zero-order valence-electron chi connectivity index (χ0n) is 12.9. The molecule has 0 aromatic carbocycles. The van der Waals surface area contributed by atoms with Crippen LogP contribution in [-0.4, -0.2) is 56.1 Å². The van der Waals surface area contributed by atoms with Crippen LogP contribution in [0.4, 0.5) is 0 Å². The summed E-state index contributed by atoms with van der Waals surface area (Å²) < 4.78 is 5.31. The normalized spacial score (nSPS) is 20.7. The highest BCUT2D eigenvalue weighted by Gasteiger charge is 2.25. The summed E-state index contributed by atoms with van der Waals surface area (Å²) in [7, 11) is 1.70. The quantitative estimate of drug-likeness (QED) is 0.564. The number of likely N-dealkylation sites (N-methyl/N-ethyl adjacent to an activating group) is 1. The first-order valence-electron chi connectivity index (χ1n) is 7.20. The van der Waals surface area contributed by atoms with E-state index in [1.54, 1.807) is 7.05 Å². The molecule has 1 aliphatic rings. The second-order valence-electron chi connectivity index (χ2n) is 6.12. The monoisotopic (exact) mass is 285 g/mol. The summed E-state index contributed by atoms with van der Waals surface area (Å²) in [5, 5.41) is 9.10. The number of Topliss-reactive ketones (excluding diaryl/α,β-unsaturated/α-hetero) is 1. The van der Waals surface area contributed by atoms with Gasteiger partial charge < -0.3 is 20.7 Å². The highest BCUT2D eigenvalue weighted by atomic mass is 16.6. The van der Waals surface area contributed by atoms with Gasteiger partial charge in [-0.1, -0.05) is 0 Å². The molecule has 0 radical (unpaired) electrons. The van der Waals surface area contributed by atoms with E-state index in [1.807, 2.05) is 20.8 Å². The van der Waals surface area contributed by atoms with Crippen LogP contribution in [0.2, 0.25) is 0 Å². The van der Waals surface area contributed by atoms with E-state index in [0.717, 1.165) is 19.4 Å². The molecule has 116 valence electrons. The number of carbonyl (C=O) groups is 2. The lowest BCUT2D eigenvalue weighted by molar-refractivity contribution is -0.157. The lowest BCUT2D eigenvalue weighted by Gasteiger charge is -2.24. The smallest absolute Gasteiger partial charge is 0.324 e. The molecule has 0 saturated carbocycles. The zero-order chi connectivity index (χ0) is 15.2. The third-order valence-corrected chi connectivity index (χ3v) is 3.14. The molecule has 2 atom stereocenters. The molecule has 0 aromatic rings. The largest absolute Gasteiger partial charge is 0.459 e. The van der Waals surface area contributed by atoms with Gasteiger partial charge in [0.15, 0.2) is 5.78 Å². The second kappa shape index (κ2) is 7.71. The molecule has 6 nitrogen and oxygen atoms in total. The van der Waals surface area contributed by atoms with Crippen molar-refractivity contribution in [3.63, 3.8) is 0 Å². The number of hydrogen-bond acceptors (Lipinski definition) is 6. The Morgan fingerprint density at radius 1 is 1.40 bits per heavy atom. The Morgan fingerprint density at radius 3 is 2.60 bits per heavy atom. The molecule has 3 N–H and O–H groups in total. The topological polar surface area (TPSA) is 79.5 Å². The van der Waals surface area contributed by atoms with Crippen molar-refractivity contribution in [1.29, 1.82) is 0 Å². The number of rotatable bonds is 7. The molecular weight excluding hydrogens is 258 g/mol. The first-order chi connectivity index (χ1) is 9.33. The molecule has 0 spiro atoms. The maximum Gasteiger partial charge on any atom is 0.324 e. The van der Waals surface area contributed by atoms with Crippen LogP contribution < -0.4 is 16.0 Å². The number of nitrogens with one attached hydrogen (secondary N) is 3. The Bertz CT molecular complexity index is 333. The van der Waals surface area contributed by atoms with Crippen molar-refractivity contribution in [2.75, 3.05) is 26.7 Å². The summed E-state index contributed by atoms with van der Waals surface area (Å²) in [6.07, 6.45) is 1.95. The summed E-state index contributed by atoms with van der Waals surface area (Å²) in [4.78, 5) is 23.8. The van der Waals surface area contributed by atoms with Crippen molar-refractivity contribution in [2.45, 2.75) is 51.3 Å². The van der Waals surface area contributed by atoms with Crippen molar-refractivity contribution < 1.29 is 14.3 Å². The van der Waals surface area contributed by atoms with Crippen LogP contribution in [0.3, 0.4) is 0 Å². The average molecular weight is 285 g/mol. The van der Waals surface area contributed by atoms with Gasteiger partial charge in [0.2, 0.25) is 0 Å². The number of ketones is 1. The van der Waals surface area contributed by atoms with Crippen LogP contribution in [0.25, 0.3) is 0 Å². The standard InChI is InChI=1S/C14H27N3O3/c1-14(2,3)20-13(19)11(15-4)8-16-9-12(18)10-6-5-7-17-10/h10-11,15-17H,5-9H2,1-4H3/t10-,11?/m0/s1. The summed E-state index contributed by atoms with van der Waals surface area (Å²) in [6, 6.07) is -0.476. The van der Waals surface area contributed by atoms with Gasteiger partial charge in [-0.3, -0.25) is 9.59 Å². The number of carbonyl (C=O) groups excluding carboxylic acids is 2. The van der Waals surface area contributed by atoms with Gasteiger partial charge in [0.25, 0.3) is 0 Å². The maximum atomic E-state index is 11.9. The fraction of sp³-hybridized carbons (Fsp3) is 0.857. The van der Waals surface area contributed by atoms with Crippen LogP contribution in [0.15, 0.2) is 0 Å². The number of hydrogen-bond donors (Lipinski definition) is 3. The average Bonchev–Trinajstić information content (AvgIpc) is 2.85. The molecule has 0 aromatic heterocycles. The molecule has 20 heavy (non-hydrogen) atoms. The Hall–Kier alpha value is -0.980. The lowest BCUT2D eigenvalue weighted by Crippen LogP contribution is -2.48. The molecule has 0 amide bonds. The Labute approximate surface area is 121 Å². The Morgan fingerprint density at radius 2 is 2.10 bits per heavy atom. The molecule has 1 heterocycles. The molecule has 1 fully saturated rings. The summed E-state index contributed by atoms with van der Waals surface area (Å²) in [5.74, 6) is -0.152. The highest BCUT2D eigenvalue weighted by Crippen LogP contribution is 2.08. The molecular formula is C14H27N3O3. The minimum absolute atomic E-state index is 0.0305. The predicted molar refractivity (Wildman–Crippen MR) is 77.6 cm³/mol. The minimum Gasteiger partial charge on any atom is -0.459 e. The van der Waals surface area contributed by atoms with E-state index in [9.17, 15) is 9.59 Å². The fourth-order valence-electron chi connectivity index (χ4n) is 2.10. The van der Waals surface area contributed by atoms with Crippen molar-refractivity contribution in [3.8, 4) is 0 Å². The highest BCUT2D eigenvalue weighted by molar-refractivity contribution is 5.86. The van der Waals surface area contributed by atoms with Crippen molar-refractivity contribution in [2.24, 2.45) is 0 Å². The predicted octanol–water partition coefficient (Wildman–Crippen LogP) is -0.173. The van der Waals surface area contributed by atoms with E-state index >= 15 is 0 Å². The van der Waals surface area contributed by atoms with E-state index < -0.39 is 11.6 Å². The van der Waals surface area contributed by atoms with Crippen LogP contribution in [-0.2, 0) is 14.3 Å². The Kier molecular flexibility index (Phi) is 6.58. The van der Waals surface area contributed by atoms with Gasteiger partial charge in [-0.2, -0.15) is 0 Å². The molecule has 1 rings (SSSR count). The lowest BCUT2D eigenvalue weighted by atomic mass is 10.1. The van der Waals surface area contributed by atoms with Gasteiger partial charge in [0, 0.05) is 6.54 Å². The van der Waals surface area contributed by atoms with Gasteiger partial charge in [-0.25, -0.2) is 0 Å². The first-order valence-corrected chi connectivity index (χ1v) is 7.20. The van der Waals surface area contributed by atoms with Gasteiger partial charge in [-0.05, 0) is 47.2 Å². The van der Waals surface area contributed by atoms with Crippen molar-refractivity contribution in [3.05, 3.63) is 0 Å². The van der Waals surface area contributed by atoms with Crippen molar-refractivity contribution >= 4 is 11.8 Å². The van der Waals surface area contributed by atoms with Gasteiger partial charge in [0.05, 0.1) is 12.6 Å². The zero-order valence-corrected chi connectivity index (χ0v) is 12.9. The summed E-state index contributed by atoms with van der Waals surface area (Å²) >= 11 is 0. The maximum absolute atomic E-state index is 11.9. The molecule has 1 aliphatic heterocycles. The van der Waals surface area contributed by atoms with E-state index in [-0.39, 0.29) is 24.3 Å². The minimum atomic E-state index is -0.504. The first kappa shape index (κ1) is 17.1. The Balaban J connectivity index is 2.30. The molecule has 0 bridgehead atoms. The van der Waals surface area contributed by atoms with E-state index in [2.05, 4.69) is 16.0 Å². The van der Waals surface area contributed by atoms with Gasteiger partial charge >= 0.3 is 5.97 Å². The van der Waals surface area contributed by atoms with Crippen molar-refractivity contribution in [1.82, 2.24) is 16.0 Å².